The van der Waals surface area contributed by atoms with E-state index in [2.05, 4.69) is 91.2 Å². The summed E-state index contributed by atoms with van der Waals surface area (Å²) in [7, 11) is 2.75. The molecule has 346 valence electrons. The van der Waals surface area contributed by atoms with Crippen LogP contribution in [0.25, 0.3) is 0 Å². The Morgan fingerprint density at radius 3 is 0.839 bits per heavy atom. The van der Waals surface area contributed by atoms with Crippen molar-refractivity contribution in [2.24, 2.45) is 5.92 Å². The zero-order valence-electron chi connectivity index (χ0n) is 40.4. The number of rotatable bonds is 29. The summed E-state index contributed by atoms with van der Waals surface area (Å²) in [6, 6.07) is -0.307. The van der Waals surface area contributed by atoms with E-state index in [4.69, 9.17) is 0 Å². The first-order valence-electron chi connectivity index (χ1n) is 23.8. The van der Waals surface area contributed by atoms with Gasteiger partial charge in [0.25, 0.3) is 0 Å². The van der Waals surface area contributed by atoms with Crippen LogP contribution >= 0.6 is 0 Å². The maximum Gasteiger partial charge on any atom is 0.364 e. The predicted octanol–water partition coefficient (Wildman–Crippen LogP) is 4.21. The Hall–Kier alpha value is -1.34. The summed E-state index contributed by atoms with van der Waals surface area (Å²) in [6.45, 7) is 21.8. The molecule has 0 aliphatic heterocycles. The maximum atomic E-state index is 11.1. The van der Waals surface area contributed by atoms with E-state index >= 15 is 0 Å². The summed E-state index contributed by atoms with van der Waals surface area (Å²) in [5.74, 6) is -0.536. The molecule has 0 radical (unpaired) electrons. The predicted molar refractivity (Wildman–Crippen MR) is 240 cm³/mol. The second-order valence-corrected chi connectivity index (χ2v) is 14.7. The van der Waals surface area contributed by atoms with Crippen LogP contribution in [0.2, 0.25) is 0 Å². The van der Waals surface area contributed by atoms with Crippen LogP contribution in [0.5, 0.6) is 0 Å². The molecule has 0 amide bonds. The monoisotopic (exact) mass is 817 g/mol. The third-order valence-electron chi connectivity index (χ3n) is 8.70. The smallest absolute Gasteiger partial charge is 0.364 e. The van der Waals surface area contributed by atoms with Gasteiger partial charge in [-0.15, -0.1) is 0 Å². The van der Waals surface area contributed by atoms with E-state index in [1.165, 1.54) is 155 Å². The fourth-order valence-corrected chi connectivity index (χ4v) is 4.71. The Morgan fingerprint density at radius 1 is 0.375 bits per heavy atom. The molecule has 0 aromatic carbocycles. The minimum absolute atomic E-state index is 0.0774. The Balaban J connectivity index is -0.000000105. The summed E-state index contributed by atoms with van der Waals surface area (Å²) in [5.41, 5.74) is 26.2. The van der Waals surface area contributed by atoms with Crippen molar-refractivity contribution in [2.45, 2.75) is 221 Å². The molecule has 0 aliphatic rings. The molecule has 0 rings (SSSR count). The van der Waals surface area contributed by atoms with Crippen LogP contribution in [0.3, 0.4) is 0 Å². The van der Waals surface area contributed by atoms with Crippen molar-refractivity contribution in [1.29, 1.82) is 0 Å². The van der Waals surface area contributed by atoms with Gasteiger partial charge in [0.1, 0.15) is 0 Å². The van der Waals surface area contributed by atoms with E-state index < -0.39 is 0 Å². The number of hydrogen-bond acceptors (Lipinski definition) is 4. The van der Waals surface area contributed by atoms with Crippen LogP contribution in [-0.4, -0.2) is 71.5 Å². The first-order valence-corrected chi connectivity index (χ1v) is 23.8. The van der Waals surface area contributed by atoms with Gasteiger partial charge in [-0.05, 0) is 89.9 Å². The highest BCUT2D eigenvalue weighted by atomic mass is 16.5. The van der Waals surface area contributed by atoms with Crippen molar-refractivity contribution in [2.75, 3.05) is 53.5 Å². The fraction of sp³-hybridized carbons (Fsp3) is 0.956. The molecule has 0 heterocycles. The summed E-state index contributed by atoms with van der Waals surface area (Å²) >= 11 is 0. The molecule has 11 nitrogen and oxygen atoms in total. The third-order valence-corrected chi connectivity index (χ3v) is 8.70. The Labute approximate surface area is 351 Å². The summed E-state index contributed by atoms with van der Waals surface area (Å²) in [6.07, 6.45) is 32.8. The van der Waals surface area contributed by atoms with E-state index in [1.807, 2.05) is 6.92 Å². The largest absolute Gasteiger partial charge is 0.469 e. The lowest BCUT2D eigenvalue weighted by atomic mass is 10.0. The topological polar surface area (TPSA) is 246 Å². The molecule has 0 fully saturated rings. The van der Waals surface area contributed by atoms with Crippen LogP contribution in [0.15, 0.2) is 0 Å². The van der Waals surface area contributed by atoms with Crippen molar-refractivity contribution in [1.82, 2.24) is 0 Å². The average Bonchev–Trinajstić information content (AvgIpc) is 3.23. The lowest BCUT2D eigenvalue weighted by molar-refractivity contribution is -0.409. The zero-order chi connectivity index (χ0) is 44.4. The van der Waals surface area contributed by atoms with Gasteiger partial charge in [-0.2, -0.15) is 0 Å². The van der Waals surface area contributed by atoms with Gasteiger partial charge in [0.2, 0.25) is 0 Å². The highest BCUT2D eigenvalue weighted by molar-refractivity contribution is 5.73. The lowest BCUT2D eigenvalue weighted by Gasteiger charge is -2.09. The number of unbranched alkanes of at least 4 members (excludes halogenated alkanes) is 17. The number of carbonyl (C=O) groups excluding carboxylic acids is 2. The number of methoxy groups -OCH3 is 2. The molecule has 11 heteroatoms. The summed E-state index contributed by atoms with van der Waals surface area (Å²) in [5, 5.41) is 0. The fourth-order valence-electron chi connectivity index (χ4n) is 4.71. The van der Waals surface area contributed by atoms with Gasteiger partial charge in [0.05, 0.1) is 59.4 Å². The molecular formula is C45H114N7O4+7. The molecule has 0 saturated heterocycles. The quantitative estimate of drug-likeness (QED) is 0.0433. The molecule has 2 unspecified atom stereocenters. The maximum absolute atomic E-state index is 11.1. The summed E-state index contributed by atoms with van der Waals surface area (Å²) < 4.78 is 9.19. The van der Waals surface area contributed by atoms with Crippen molar-refractivity contribution >= 4 is 11.9 Å². The minimum atomic E-state index is -0.307. The van der Waals surface area contributed by atoms with Crippen LogP contribution in [0.1, 0.15) is 215 Å². The van der Waals surface area contributed by atoms with E-state index in [9.17, 15) is 9.59 Å². The normalized spacial score (nSPS) is 10.6. The van der Waals surface area contributed by atoms with Crippen LogP contribution in [-0.2, 0) is 19.1 Å². The third kappa shape index (κ3) is 89.3. The van der Waals surface area contributed by atoms with Gasteiger partial charge in [0, 0.05) is 6.42 Å². The first kappa shape index (κ1) is 69.3. The Kier molecular flexibility index (Phi) is 92.3. The van der Waals surface area contributed by atoms with Gasteiger partial charge in [0.15, 0.2) is 6.04 Å². The van der Waals surface area contributed by atoms with Crippen LogP contribution in [0.4, 0.5) is 0 Å². The van der Waals surface area contributed by atoms with Gasteiger partial charge >= 0.3 is 11.9 Å². The molecule has 0 saturated carbocycles. The molecule has 2 atom stereocenters. The lowest BCUT2D eigenvalue weighted by Crippen LogP contribution is -2.65. The van der Waals surface area contributed by atoms with Crippen molar-refractivity contribution < 1.29 is 59.2 Å². The molecule has 21 N–H and O–H groups in total. The number of esters is 2. The average molecular weight is 817 g/mol. The van der Waals surface area contributed by atoms with E-state index in [-0.39, 0.29) is 23.9 Å². The van der Waals surface area contributed by atoms with Gasteiger partial charge < -0.3 is 49.6 Å². The molecule has 0 aliphatic carbocycles. The minimum Gasteiger partial charge on any atom is -0.469 e. The number of quaternary nitrogens is 7. The molecular weight excluding hydrogens is 703 g/mol. The molecule has 0 spiro atoms. The summed E-state index contributed by atoms with van der Waals surface area (Å²) in [4.78, 5) is 22.1. The number of ether oxygens (including phenoxy) is 2. The van der Waals surface area contributed by atoms with Crippen molar-refractivity contribution in [3.05, 3.63) is 0 Å². The van der Waals surface area contributed by atoms with Gasteiger partial charge in [-0.25, -0.2) is 4.79 Å². The molecule has 0 aromatic heterocycles. The van der Waals surface area contributed by atoms with Gasteiger partial charge in [-0.3, -0.25) is 4.79 Å². The van der Waals surface area contributed by atoms with Crippen LogP contribution in [0, 0.1) is 5.92 Å². The molecule has 56 heavy (non-hydrogen) atoms. The standard InChI is InChI=1S/C11H21NO4.2C7H17N.4C5H13N/c1-8(10(13)15-2)6-4-5-7-9(12)11(14)16-3;2*1-2-3-4-5-6-7-8;4*1-2-3-4-5-6/h8-9H,4-7,12H2,1-3H3;2*2-8H2,1H3;4*2-6H2,1H3/p+7. The molecule has 0 aromatic rings. The number of hydrogen-bond donors (Lipinski definition) is 7. The molecule has 0 bridgehead atoms. The second-order valence-electron chi connectivity index (χ2n) is 14.7. The highest BCUT2D eigenvalue weighted by Crippen LogP contribution is 2.11. The van der Waals surface area contributed by atoms with E-state index in [0.29, 0.717) is 6.42 Å². The Bertz CT molecular complexity index is 539. The van der Waals surface area contributed by atoms with Crippen molar-refractivity contribution in [3.8, 4) is 0 Å². The Morgan fingerprint density at radius 2 is 0.607 bits per heavy atom. The highest BCUT2D eigenvalue weighted by Gasteiger charge is 2.18. The number of carbonyl (C=O) groups is 2. The first-order chi connectivity index (χ1) is 27.0. The van der Waals surface area contributed by atoms with Crippen molar-refractivity contribution in [3.63, 3.8) is 0 Å². The van der Waals surface area contributed by atoms with Gasteiger partial charge in [-0.1, -0.05) is 119 Å². The van der Waals surface area contributed by atoms with Crippen LogP contribution < -0.4 is 40.1 Å². The van der Waals surface area contributed by atoms with E-state index in [0.717, 1.165) is 58.5 Å². The van der Waals surface area contributed by atoms with E-state index in [1.54, 1.807) is 0 Å². The second kappa shape index (κ2) is 74.6. The SMILES string of the molecule is CCCCCCC[NH3+].CCCCCCC[NH3+].CCCCC[NH3+].CCCCC[NH3+].CCCCC[NH3+].CCCCC[NH3+].COC(=O)C(C)CCCCC([NH3+])C(=O)OC. The zero-order valence-corrected chi connectivity index (χ0v) is 40.4.